The predicted octanol–water partition coefficient (Wildman–Crippen LogP) is 4.13. The highest BCUT2D eigenvalue weighted by Gasteiger charge is 2.13. The van der Waals surface area contributed by atoms with Crippen molar-refractivity contribution in [3.8, 4) is 6.07 Å². The van der Waals surface area contributed by atoms with Crippen LogP contribution in [0.5, 0.6) is 0 Å². The second-order valence-corrected chi connectivity index (χ2v) is 5.72. The van der Waals surface area contributed by atoms with E-state index in [1.807, 2.05) is 0 Å². The maximum Gasteiger partial charge on any atom is 0.204 e. The summed E-state index contributed by atoms with van der Waals surface area (Å²) >= 11 is 1.17. The molecule has 0 atom stereocenters. The lowest BCUT2D eigenvalue weighted by molar-refractivity contribution is 0.104. The van der Waals surface area contributed by atoms with Gasteiger partial charge in [0.1, 0.15) is 5.82 Å². The summed E-state index contributed by atoms with van der Waals surface area (Å²) in [4.78, 5) is 16.9. The molecule has 0 fully saturated rings. The minimum atomic E-state index is -0.452. The Balaban J connectivity index is 1.80. The van der Waals surface area contributed by atoms with Crippen LogP contribution >= 0.6 is 11.3 Å². The molecule has 0 aliphatic rings. The molecule has 0 amide bonds. The Morgan fingerprint density at radius 1 is 1.22 bits per heavy atom. The zero-order valence-electron chi connectivity index (χ0n) is 11.8. The van der Waals surface area contributed by atoms with Crippen LogP contribution in [-0.4, -0.2) is 10.8 Å². The quantitative estimate of drug-likeness (QED) is 0.733. The number of carbonyl (C=O) groups excluding carboxylic acids is 1. The lowest BCUT2D eigenvalue weighted by Crippen LogP contribution is -1.98. The minimum absolute atomic E-state index is 0.277. The second kappa shape index (κ2) is 6.38. The number of hydrogen-bond acceptors (Lipinski definition) is 5. The number of aromatic nitrogens is 1. The summed E-state index contributed by atoms with van der Waals surface area (Å²) < 4.78 is 13.2. The molecule has 1 N–H and O–H groups in total. The molecule has 0 bridgehead atoms. The van der Waals surface area contributed by atoms with E-state index in [0.717, 1.165) is 0 Å². The Morgan fingerprint density at radius 3 is 2.83 bits per heavy atom. The van der Waals surface area contributed by atoms with Crippen molar-refractivity contribution >= 4 is 27.9 Å². The van der Waals surface area contributed by atoms with Crippen molar-refractivity contribution in [3.05, 3.63) is 76.5 Å². The van der Waals surface area contributed by atoms with Gasteiger partial charge in [-0.1, -0.05) is 29.5 Å². The first-order valence-corrected chi connectivity index (χ1v) is 7.50. The number of nitrogens with zero attached hydrogens (tertiary/aromatic N) is 2. The van der Waals surface area contributed by atoms with Crippen molar-refractivity contribution in [2.24, 2.45) is 0 Å². The molecule has 0 spiro atoms. The van der Waals surface area contributed by atoms with Gasteiger partial charge in [-0.25, -0.2) is 9.37 Å². The number of halogens is 1. The minimum Gasteiger partial charge on any atom is -0.331 e. The third-order valence-electron chi connectivity index (χ3n) is 3.06. The van der Waals surface area contributed by atoms with Gasteiger partial charge in [0, 0.05) is 11.3 Å². The molecule has 0 aliphatic heterocycles. The van der Waals surface area contributed by atoms with E-state index in [1.165, 1.54) is 35.7 Å². The van der Waals surface area contributed by atoms with Gasteiger partial charge >= 0.3 is 0 Å². The van der Waals surface area contributed by atoms with Crippen LogP contribution in [0.3, 0.4) is 0 Å². The molecule has 23 heavy (non-hydrogen) atoms. The van der Waals surface area contributed by atoms with E-state index in [2.05, 4.69) is 16.4 Å². The Bertz CT molecular complexity index is 914. The van der Waals surface area contributed by atoms with Gasteiger partial charge in [0.05, 0.1) is 22.7 Å². The van der Waals surface area contributed by atoms with Gasteiger partial charge in [0.15, 0.2) is 5.13 Å². The zero-order chi connectivity index (χ0) is 16.2. The summed E-state index contributed by atoms with van der Waals surface area (Å²) in [7, 11) is 0. The Morgan fingerprint density at radius 2 is 2.04 bits per heavy atom. The molecule has 6 heteroatoms. The summed E-state index contributed by atoms with van der Waals surface area (Å²) in [6, 6.07) is 14.6. The largest absolute Gasteiger partial charge is 0.331 e. The van der Waals surface area contributed by atoms with Crippen LogP contribution < -0.4 is 5.32 Å². The van der Waals surface area contributed by atoms with Crippen LogP contribution in [0.4, 0.5) is 15.2 Å². The highest BCUT2D eigenvalue weighted by molar-refractivity contribution is 7.17. The van der Waals surface area contributed by atoms with Gasteiger partial charge in [-0.3, -0.25) is 4.79 Å². The van der Waals surface area contributed by atoms with Crippen LogP contribution in [0, 0.1) is 17.1 Å². The van der Waals surface area contributed by atoms with Crippen LogP contribution in [0.1, 0.15) is 20.8 Å². The van der Waals surface area contributed by atoms with Crippen molar-refractivity contribution in [1.29, 1.82) is 5.26 Å². The number of hydrogen-bond donors (Lipinski definition) is 1. The maximum absolute atomic E-state index is 13.2. The smallest absolute Gasteiger partial charge is 0.204 e. The number of ketones is 1. The summed E-state index contributed by atoms with van der Waals surface area (Å²) in [5, 5.41) is 12.5. The van der Waals surface area contributed by atoms with Gasteiger partial charge in [-0.2, -0.15) is 5.26 Å². The summed E-state index contributed by atoms with van der Waals surface area (Å²) in [5.74, 6) is -0.729. The number of thiazole rings is 1. The first-order chi connectivity index (χ1) is 11.2. The molecule has 0 saturated heterocycles. The summed E-state index contributed by atoms with van der Waals surface area (Å²) in [6.07, 6.45) is 1.45. The standard InChI is InChI=1S/C17H10FN3OS/c18-13-5-2-4-12(8-13)16(22)15-10-20-17(23-15)21-14-6-1-3-11(7-14)9-19/h1-8,10H,(H,20,21). The van der Waals surface area contributed by atoms with Gasteiger partial charge in [0.25, 0.3) is 0 Å². The monoisotopic (exact) mass is 323 g/mol. The number of rotatable bonds is 4. The van der Waals surface area contributed by atoms with Crippen LogP contribution in [-0.2, 0) is 0 Å². The van der Waals surface area contributed by atoms with Crippen LogP contribution in [0.25, 0.3) is 0 Å². The molecule has 112 valence electrons. The lowest BCUT2D eigenvalue weighted by Gasteiger charge is -2.02. The van der Waals surface area contributed by atoms with Crippen molar-refractivity contribution in [2.45, 2.75) is 0 Å². The molecule has 3 aromatic rings. The van der Waals surface area contributed by atoms with Crippen LogP contribution in [0.2, 0.25) is 0 Å². The molecule has 3 rings (SSSR count). The molecular weight excluding hydrogens is 313 g/mol. The molecule has 0 saturated carbocycles. The fourth-order valence-corrected chi connectivity index (χ4v) is 2.80. The molecule has 1 aromatic heterocycles. The maximum atomic E-state index is 13.2. The normalized spacial score (nSPS) is 10.1. The number of benzene rings is 2. The summed E-state index contributed by atoms with van der Waals surface area (Å²) in [6.45, 7) is 0. The molecule has 1 heterocycles. The summed E-state index contributed by atoms with van der Waals surface area (Å²) in [5.41, 5.74) is 1.53. The predicted molar refractivity (Wildman–Crippen MR) is 86.4 cm³/mol. The van der Waals surface area contributed by atoms with Gasteiger partial charge in [0.2, 0.25) is 5.78 Å². The number of nitriles is 1. The van der Waals surface area contributed by atoms with E-state index in [1.54, 1.807) is 30.3 Å². The highest BCUT2D eigenvalue weighted by Crippen LogP contribution is 2.25. The Hall–Kier alpha value is -3.04. The molecule has 0 unspecified atom stereocenters. The lowest BCUT2D eigenvalue weighted by atomic mass is 10.1. The van der Waals surface area contributed by atoms with Crippen molar-refractivity contribution < 1.29 is 9.18 Å². The average Bonchev–Trinajstić information content (AvgIpc) is 3.03. The molecule has 0 radical (unpaired) electrons. The average molecular weight is 323 g/mol. The fraction of sp³-hybridized carbons (Fsp3) is 0. The van der Waals surface area contributed by atoms with E-state index in [9.17, 15) is 9.18 Å². The SMILES string of the molecule is N#Cc1cccc(Nc2ncc(C(=O)c3cccc(F)c3)s2)c1. The fourth-order valence-electron chi connectivity index (χ4n) is 2.00. The van der Waals surface area contributed by atoms with Crippen molar-refractivity contribution in [2.75, 3.05) is 5.32 Å². The third kappa shape index (κ3) is 3.42. The molecule has 4 nitrogen and oxygen atoms in total. The van der Waals surface area contributed by atoms with Gasteiger partial charge in [-0.15, -0.1) is 0 Å². The van der Waals surface area contributed by atoms with Gasteiger partial charge in [-0.05, 0) is 30.3 Å². The van der Waals surface area contributed by atoms with Crippen molar-refractivity contribution in [1.82, 2.24) is 4.98 Å². The molecular formula is C17H10FN3OS. The van der Waals surface area contributed by atoms with E-state index >= 15 is 0 Å². The van der Waals surface area contributed by atoms with E-state index in [4.69, 9.17) is 5.26 Å². The molecule has 0 aliphatic carbocycles. The highest BCUT2D eigenvalue weighted by atomic mass is 32.1. The second-order valence-electron chi connectivity index (χ2n) is 4.69. The Labute approximate surface area is 135 Å². The van der Waals surface area contributed by atoms with Gasteiger partial charge < -0.3 is 5.32 Å². The van der Waals surface area contributed by atoms with Crippen molar-refractivity contribution in [3.63, 3.8) is 0 Å². The number of carbonyl (C=O) groups is 1. The van der Waals surface area contributed by atoms with Crippen LogP contribution in [0.15, 0.2) is 54.7 Å². The van der Waals surface area contributed by atoms with E-state index in [-0.39, 0.29) is 11.3 Å². The topological polar surface area (TPSA) is 65.8 Å². The number of nitrogens with one attached hydrogen (secondary N) is 1. The van der Waals surface area contributed by atoms with E-state index < -0.39 is 5.82 Å². The zero-order valence-corrected chi connectivity index (χ0v) is 12.6. The Kier molecular flexibility index (Phi) is 4.13. The third-order valence-corrected chi connectivity index (χ3v) is 3.97. The van der Waals surface area contributed by atoms with E-state index in [0.29, 0.717) is 21.3 Å². The first-order valence-electron chi connectivity index (χ1n) is 6.69. The first kappa shape index (κ1) is 14.9. The molecule has 2 aromatic carbocycles. The number of anilines is 2.